The van der Waals surface area contributed by atoms with E-state index in [1.807, 2.05) is 0 Å². The summed E-state index contributed by atoms with van der Waals surface area (Å²) in [7, 11) is 0. The summed E-state index contributed by atoms with van der Waals surface area (Å²) in [5, 5.41) is 10.8. The number of carbonyl (C=O) groups excluding carboxylic acids is 1. The van der Waals surface area contributed by atoms with Crippen molar-refractivity contribution >= 4 is 5.78 Å². The molecule has 1 N–H and O–H groups in total. The van der Waals surface area contributed by atoms with Crippen molar-refractivity contribution in [2.75, 3.05) is 0 Å². The highest BCUT2D eigenvalue weighted by molar-refractivity contribution is 5.87. The van der Waals surface area contributed by atoms with Crippen LogP contribution in [0.25, 0.3) is 0 Å². The molecule has 5 rings (SSSR count). The lowest BCUT2D eigenvalue weighted by molar-refractivity contribution is -0.201. The Morgan fingerprint density at radius 2 is 1.53 bits per heavy atom. The van der Waals surface area contributed by atoms with Crippen molar-refractivity contribution in [2.24, 2.45) is 50.2 Å². The number of rotatable bonds is 0. The molecule has 0 aliphatic heterocycles. The van der Waals surface area contributed by atoms with Gasteiger partial charge in [-0.3, -0.25) is 4.79 Å². The van der Waals surface area contributed by atoms with Crippen molar-refractivity contribution in [3.63, 3.8) is 0 Å². The van der Waals surface area contributed by atoms with Crippen molar-refractivity contribution in [3.05, 3.63) is 11.6 Å². The highest BCUT2D eigenvalue weighted by atomic mass is 16.3. The number of Topliss-reactive ketones (excluding diaryl/α,β-unsaturated/α-hetero) is 1. The van der Waals surface area contributed by atoms with Crippen molar-refractivity contribution in [2.45, 2.75) is 119 Å². The van der Waals surface area contributed by atoms with E-state index in [2.05, 4.69) is 61.5 Å². The molecule has 0 bridgehead atoms. The van der Waals surface area contributed by atoms with Crippen LogP contribution in [0.5, 0.6) is 0 Å². The van der Waals surface area contributed by atoms with Crippen molar-refractivity contribution in [1.82, 2.24) is 0 Å². The Morgan fingerprint density at radius 3 is 2.22 bits per heavy atom. The molecule has 0 aromatic rings. The molecular formula is C30H48O2. The van der Waals surface area contributed by atoms with E-state index in [4.69, 9.17) is 0 Å². The molecule has 32 heavy (non-hydrogen) atoms. The average Bonchev–Trinajstić information content (AvgIpc) is 2.68. The molecule has 0 amide bonds. The van der Waals surface area contributed by atoms with Crippen LogP contribution in [0.2, 0.25) is 0 Å². The summed E-state index contributed by atoms with van der Waals surface area (Å²) in [6, 6.07) is 0. The van der Waals surface area contributed by atoms with Gasteiger partial charge in [0, 0.05) is 11.8 Å². The number of hydrogen-bond donors (Lipinski definition) is 1. The third kappa shape index (κ3) is 2.65. The molecule has 4 fully saturated rings. The molecule has 0 aromatic carbocycles. The molecular weight excluding hydrogens is 392 g/mol. The van der Waals surface area contributed by atoms with Gasteiger partial charge in [0.05, 0.1) is 6.10 Å². The van der Waals surface area contributed by atoms with E-state index in [1.165, 1.54) is 38.5 Å². The smallest absolute Gasteiger partial charge is 0.141 e. The van der Waals surface area contributed by atoms with Crippen molar-refractivity contribution < 1.29 is 9.90 Å². The number of aliphatic hydroxyl groups is 1. The van der Waals surface area contributed by atoms with E-state index in [1.54, 1.807) is 5.57 Å². The molecule has 5 aliphatic carbocycles. The number of aliphatic hydroxyl groups excluding tert-OH is 1. The lowest BCUT2D eigenvalue weighted by Gasteiger charge is -2.70. The van der Waals surface area contributed by atoms with E-state index in [0.29, 0.717) is 34.9 Å². The fraction of sp³-hybridized carbons (Fsp3) is 0.900. The Morgan fingerprint density at radius 1 is 0.875 bits per heavy atom. The first-order valence-corrected chi connectivity index (χ1v) is 13.5. The first kappa shape index (κ1) is 23.1. The predicted molar refractivity (Wildman–Crippen MR) is 131 cm³/mol. The van der Waals surface area contributed by atoms with Gasteiger partial charge in [0.15, 0.2) is 0 Å². The second kappa shape index (κ2) is 6.52. The van der Waals surface area contributed by atoms with Gasteiger partial charge in [0.1, 0.15) is 5.78 Å². The van der Waals surface area contributed by atoms with Crippen LogP contribution in [0.3, 0.4) is 0 Å². The third-order valence-electron chi connectivity index (χ3n) is 12.9. The minimum atomic E-state index is -0.498. The first-order valence-electron chi connectivity index (χ1n) is 13.5. The van der Waals surface area contributed by atoms with Gasteiger partial charge in [0.25, 0.3) is 0 Å². The average molecular weight is 441 g/mol. The first-order chi connectivity index (χ1) is 14.6. The standard InChI is InChI=1S/C30H48O2/c1-25(2)13-14-27(5)15-16-28(6)19(20(27)18-25)9-10-22-29(28,7)12-11-21-26(3,4)23(31)17-24(32)30(21,22)8/h9,20-23,31H,10-18H2,1-8H3. The summed E-state index contributed by atoms with van der Waals surface area (Å²) in [4.78, 5) is 13.7. The Hall–Kier alpha value is -0.630. The number of allylic oxidation sites excluding steroid dienone is 2. The number of ketones is 1. The minimum Gasteiger partial charge on any atom is -0.392 e. The van der Waals surface area contributed by atoms with Crippen LogP contribution in [-0.4, -0.2) is 17.0 Å². The zero-order valence-electron chi connectivity index (χ0n) is 22.1. The molecule has 4 saturated carbocycles. The molecule has 0 aromatic heterocycles. The second-order valence-electron chi connectivity index (χ2n) is 15.1. The van der Waals surface area contributed by atoms with Gasteiger partial charge in [0.2, 0.25) is 0 Å². The van der Waals surface area contributed by atoms with Gasteiger partial charge >= 0.3 is 0 Å². The second-order valence-corrected chi connectivity index (χ2v) is 15.1. The van der Waals surface area contributed by atoms with Crippen molar-refractivity contribution in [1.29, 1.82) is 0 Å². The summed E-state index contributed by atoms with van der Waals surface area (Å²) < 4.78 is 0. The summed E-state index contributed by atoms with van der Waals surface area (Å²) in [5.41, 5.74) is 2.52. The monoisotopic (exact) mass is 440 g/mol. The Balaban J connectivity index is 1.61. The van der Waals surface area contributed by atoms with Crippen LogP contribution in [0.4, 0.5) is 0 Å². The van der Waals surface area contributed by atoms with E-state index in [0.717, 1.165) is 12.8 Å². The van der Waals surface area contributed by atoms with E-state index >= 15 is 0 Å². The SMILES string of the molecule is CC1(C)CCC2(C)CCC3(C)C(=CCC4C5(C)C(=O)CC(O)C(C)(C)C5CCC43C)C2C1. The quantitative estimate of drug-likeness (QED) is 0.400. The summed E-state index contributed by atoms with van der Waals surface area (Å²) in [5.74, 6) is 1.71. The van der Waals surface area contributed by atoms with Gasteiger partial charge in [-0.05, 0) is 96.2 Å². The van der Waals surface area contributed by atoms with Crippen molar-refractivity contribution in [3.8, 4) is 0 Å². The molecule has 0 spiro atoms. The Bertz CT molecular complexity index is 866. The number of hydrogen-bond acceptors (Lipinski definition) is 2. The lowest BCUT2D eigenvalue weighted by atomic mass is 9.33. The normalized spacial score (nSPS) is 53.9. The minimum absolute atomic E-state index is 0.166. The predicted octanol–water partition coefficient (Wildman–Crippen LogP) is 7.35. The molecule has 180 valence electrons. The van der Waals surface area contributed by atoms with Gasteiger partial charge in [-0.2, -0.15) is 0 Å². The molecule has 2 nitrogen and oxygen atoms in total. The molecule has 8 atom stereocenters. The molecule has 8 unspecified atom stereocenters. The van der Waals surface area contributed by atoms with Crippen LogP contribution in [0, 0.1) is 50.2 Å². The number of fused-ring (bicyclic) bond motifs is 7. The fourth-order valence-electron chi connectivity index (χ4n) is 10.2. The zero-order valence-corrected chi connectivity index (χ0v) is 22.1. The number of carbonyl (C=O) groups is 1. The van der Waals surface area contributed by atoms with Crippen LogP contribution in [0.15, 0.2) is 11.6 Å². The lowest BCUT2D eigenvalue weighted by Crippen LogP contribution is -2.67. The summed E-state index contributed by atoms with van der Waals surface area (Å²) in [6.07, 6.45) is 12.5. The largest absolute Gasteiger partial charge is 0.392 e. The molecule has 0 saturated heterocycles. The van der Waals surface area contributed by atoms with Crippen LogP contribution < -0.4 is 0 Å². The topological polar surface area (TPSA) is 37.3 Å². The van der Waals surface area contributed by atoms with Crippen LogP contribution >= 0.6 is 0 Å². The Kier molecular flexibility index (Phi) is 4.71. The molecule has 5 aliphatic rings. The molecule has 2 heteroatoms. The highest BCUT2D eigenvalue weighted by Gasteiger charge is 2.69. The Labute approximate surface area is 197 Å². The van der Waals surface area contributed by atoms with Crippen LogP contribution in [-0.2, 0) is 4.79 Å². The van der Waals surface area contributed by atoms with Gasteiger partial charge in [-0.15, -0.1) is 0 Å². The fourth-order valence-corrected chi connectivity index (χ4v) is 10.2. The van der Waals surface area contributed by atoms with Crippen LogP contribution in [0.1, 0.15) is 113 Å². The van der Waals surface area contributed by atoms with E-state index < -0.39 is 6.10 Å². The third-order valence-corrected chi connectivity index (χ3v) is 12.9. The van der Waals surface area contributed by atoms with E-state index in [-0.39, 0.29) is 27.6 Å². The van der Waals surface area contributed by atoms with Gasteiger partial charge in [-0.25, -0.2) is 0 Å². The maximum atomic E-state index is 13.7. The van der Waals surface area contributed by atoms with Gasteiger partial charge in [-0.1, -0.05) is 67.0 Å². The molecule has 0 heterocycles. The van der Waals surface area contributed by atoms with Gasteiger partial charge < -0.3 is 5.11 Å². The summed E-state index contributed by atoms with van der Waals surface area (Å²) in [6.45, 7) is 19.4. The molecule has 0 radical (unpaired) electrons. The summed E-state index contributed by atoms with van der Waals surface area (Å²) >= 11 is 0. The van der Waals surface area contributed by atoms with E-state index in [9.17, 15) is 9.90 Å². The maximum Gasteiger partial charge on any atom is 0.141 e. The maximum absolute atomic E-state index is 13.7. The zero-order chi connectivity index (χ0) is 23.5. The highest BCUT2D eigenvalue weighted by Crippen LogP contribution is 2.75.